The predicted molar refractivity (Wildman–Crippen MR) is 109 cm³/mol. The van der Waals surface area contributed by atoms with E-state index in [1.807, 2.05) is 72.8 Å². The molecule has 3 aromatic rings. The zero-order chi connectivity index (χ0) is 18.2. The van der Waals surface area contributed by atoms with Crippen LogP contribution in [0.1, 0.15) is 11.1 Å². The normalized spacial score (nSPS) is 10.7. The van der Waals surface area contributed by atoms with E-state index in [1.54, 1.807) is 13.3 Å². The highest BCUT2D eigenvalue weighted by molar-refractivity contribution is 9.10. The number of benzene rings is 3. The molecule has 0 saturated heterocycles. The fraction of sp³-hybridized carbons (Fsp3) is 0.0952. The van der Waals surface area contributed by atoms with E-state index >= 15 is 0 Å². The van der Waals surface area contributed by atoms with Gasteiger partial charge in [0.05, 0.1) is 23.5 Å². The smallest absolute Gasteiger partial charge is 0.133 e. The van der Waals surface area contributed by atoms with Gasteiger partial charge in [-0.15, -0.1) is 0 Å². The van der Waals surface area contributed by atoms with Crippen LogP contribution in [0.4, 0.5) is 5.69 Å². The van der Waals surface area contributed by atoms with Gasteiger partial charge in [0.25, 0.3) is 0 Å². The molecule has 1 N–H and O–H groups in total. The zero-order valence-electron chi connectivity index (χ0n) is 14.4. The molecule has 0 aliphatic heterocycles. The summed E-state index contributed by atoms with van der Waals surface area (Å²) in [5.41, 5.74) is 5.86. The van der Waals surface area contributed by atoms with Gasteiger partial charge in [-0.05, 0) is 64.0 Å². The fourth-order valence-corrected chi connectivity index (χ4v) is 2.80. The van der Waals surface area contributed by atoms with Crippen molar-refractivity contribution in [1.82, 2.24) is 0 Å². The number of nitrogens with one attached hydrogen (secondary N) is 1. The minimum Gasteiger partial charge on any atom is -0.496 e. The Balaban J connectivity index is 1.70. The standard InChI is InChI=1S/C21H19BrN2O2/c1-25-20-12-11-16(14-23-24-18-7-3-2-4-8-18)13-17(20)15-26-21-10-6-5-9-19(21)22/h2-14,24H,15H2,1H3. The monoisotopic (exact) mass is 410 g/mol. The molecule has 4 nitrogen and oxygen atoms in total. The van der Waals surface area contributed by atoms with Gasteiger partial charge in [0.1, 0.15) is 18.1 Å². The average molecular weight is 411 g/mol. The molecule has 0 unspecified atom stereocenters. The fourth-order valence-electron chi connectivity index (χ4n) is 2.40. The molecule has 0 aliphatic carbocycles. The summed E-state index contributed by atoms with van der Waals surface area (Å²) in [5.74, 6) is 1.57. The third-order valence-electron chi connectivity index (χ3n) is 3.71. The molecule has 0 aliphatic rings. The maximum absolute atomic E-state index is 5.91. The van der Waals surface area contributed by atoms with Crippen molar-refractivity contribution in [2.24, 2.45) is 5.10 Å². The first-order chi connectivity index (χ1) is 12.8. The lowest BCUT2D eigenvalue weighted by Gasteiger charge is -2.12. The maximum Gasteiger partial charge on any atom is 0.133 e. The molecule has 0 amide bonds. The second-order valence-corrected chi connectivity index (χ2v) is 6.38. The molecule has 0 bridgehead atoms. The molecule has 5 heteroatoms. The third-order valence-corrected chi connectivity index (χ3v) is 4.36. The molecule has 3 rings (SSSR count). The van der Waals surface area contributed by atoms with Gasteiger partial charge in [0.2, 0.25) is 0 Å². The average Bonchev–Trinajstić information content (AvgIpc) is 2.68. The Morgan fingerprint density at radius 2 is 1.73 bits per heavy atom. The SMILES string of the molecule is COc1ccc(C=NNc2ccccc2)cc1COc1ccccc1Br. The Morgan fingerprint density at radius 1 is 0.962 bits per heavy atom. The molecule has 3 aromatic carbocycles. The first-order valence-corrected chi connectivity index (χ1v) is 8.94. The number of anilines is 1. The van der Waals surface area contributed by atoms with Crippen molar-refractivity contribution in [2.45, 2.75) is 6.61 Å². The Kier molecular flexibility index (Phi) is 6.28. The molecule has 132 valence electrons. The number of rotatable bonds is 7. The summed E-state index contributed by atoms with van der Waals surface area (Å²) in [6.45, 7) is 0.402. The number of hydrogen-bond donors (Lipinski definition) is 1. The Hall–Kier alpha value is -2.79. The molecule has 0 spiro atoms. The van der Waals surface area contributed by atoms with Gasteiger partial charge < -0.3 is 9.47 Å². The van der Waals surface area contributed by atoms with Crippen LogP contribution in [0.5, 0.6) is 11.5 Å². The lowest BCUT2D eigenvalue weighted by Crippen LogP contribution is -2.00. The maximum atomic E-state index is 5.91. The third kappa shape index (κ3) is 4.86. The second-order valence-electron chi connectivity index (χ2n) is 5.53. The number of nitrogens with zero attached hydrogens (tertiary/aromatic N) is 1. The molecule has 0 aromatic heterocycles. The van der Waals surface area contributed by atoms with Crippen molar-refractivity contribution >= 4 is 27.8 Å². The molecular weight excluding hydrogens is 392 g/mol. The van der Waals surface area contributed by atoms with Crippen LogP contribution in [-0.2, 0) is 6.61 Å². The van der Waals surface area contributed by atoms with Crippen LogP contribution in [0, 0.1) is 0 Å². The number of hydrogen-bond acceptors (Lipinski definition) is 4. The van der Waals surface area contributed by atoms with Gasteiger partial charge in [0.15, 0.2) is 0 Å². The summed E-state index contributed by atoms with van der Waals surface area (Å²) >= 11 is 3.49. The van der Waals surface area contributed by atoms with E-state index in [0.717, 1.165) is 32.8 Å². The lowest BCUT2D eigenvalue weighted by atomic mass is 10.1. The Bertz CT molecular complexity index is 882. The van der Waals surface area contributed by atoms with E-state index in [9.17, 15) is 0 Å². The molecule has 0 fully saturated rings. The molecule has 0 atom stereocenters. The first-order valence-electron chi connectivity index (χ1n) is 8.14. The number of methoxy groups -OCH3 is 1. The quantitative estimate of drug-likeness (QED) is 0.414. The Morgan fingerprint density at radius 3 is 2.50 bits per heavy atom. The minimum absolute atomic E-state index is 0.402. The second kappa shape index (κ2) is 9.06. The van der Waals surface area contributed by atoms with Crippen LogP contribution in [0.2, 0.25) is 0 Å². The zero-order valence-corrected chi connectivity index (χ0v) is 15.9. The Labute approximate surface area is 161 Å². The van der Waals surface area contributed by atoms with Gasteiger partial charge in [-0.2, -0.15) is 5.10 Å². The summed E-state index contributed by atoms with van der Waals surface area (Å²) in [6, 6.07) is 23.5. The summed E-state index contributed by atoms with van der Waals surface area (Å²) in [4.78, 5) is 0. The molecule has 0 radical (unpaired) electrons. The summed E-state index contributed by atoms with van der Waals surface area (Å²) in [5, 5.41) is 4.28. The van der Waals surface area contributed by atoms with Gasteiger partial charge in [0, 0.05) is 5.56 Å². The van der Waals surface area contributed by atoms with E-state index in [-0.39, 0.29) is 0 Å². The van der Waals surface area contributed by atoms with Crippen molar-refractivity contribution in [3.63, 3.8) is 0 Å². The van der Waals surface area contributed by atoms with Crippen LogP contribution >= 0.6 is 15.9 Å². The molecule has 0 saturated carbocycles. The summed E-state index contributed by atoms with van der Waals surface area (Å²) < 4.78 is 12.3. The summed E-state index contributed by atoms with van der Waals surface area (Å²) in [6.07, 6.45) is 1.77. The van der Waals surface area contributed by atoms with Crippen molar-refractivity contribution in [1.29, 1.82) is 0 Å². The molecule has 0 heterocycles. The van der Waals surface area contributed by atoms with Crippen LogP contribution in [0.25, 0.3) is 0 Å². The highest BCUT2D eigenvalue weighted by Gasteiger charge is 2.06. The van der Waals surface area contributed by atoms with Crippen LogP contribution in [-0.4, -0.2) is 13.3 Å². The minimum atomic E-state index is 0.402. The number of ether oxygens (including phenoxy) is 2. The van der Waals surface area contributed by atoms with Crippen molar-refractivity contribution in [2.75, 3.05) is 12.5 Å². The van der Waals surface area contributed by atoms with Gasteiger partial charge in [-0.1, -0.05) is 30.3 Å². The van der Waals surface area contributed by atoms with E-state index in [2.05, 4.69) is 26.5 Å². The van der Waals surface area contributed by atoms with Gasteiger partial charge in [-0.3, -0.25) is 5.43 Å². The highest BCUT2D eigenvalue weighted by Crippen LogP contribution is 2.27. The van der Waals surface area contributed by atoms with Crippen LogP contribution in [0.15, 0.2) is 82.4 Å². The van der Waals surface area contributed by atoms with Crippen LogP contribution < -0.4 is 14.9 Å². The highest BCUT2D eigenvalue weighted by atomic mass is 79.9. The van der Waals surface area contributed by atoms with E-state index < -0.39 is 0 Å². The molecular formula is C21H19BrN2O2. The van der Waals surface area contributed by atoms with Crippen molar-refractivity contribution in [3.05, 3.63) is 88.4 Å². The molecule has 26 heavy (non-hydrogen) atoms. The van der Waals surface area contributed by atoms with E-state index in [0.29, 0.717) is 6.61 Å². The number of halogens is 1. The predicted octanol–water partition coefficient (Wildman–Crippen LogP) is 5.48. The largest absolute Gasteiger partial charge is 0.496 e. The first kappa shape index (κ1) is 18.0. The van der Waals surface area contributed by atoms with Gasteiger partial charge >= 0.3 is 0 Å². The summed E-state index contributed by atoms with van der Waals surface area (Å²) in [7, 11) is 1.65. The van der Waals surface area contributed by atoms with Crippen molar-refractivity contribution < 1.29 is 9.47 Å². The number of para-hydroxylation sites is 2. The number of hydrazone groups is 1. The van der Waals surface area contributed by atoms with E-state index in [1.165, 1.54) is 0 Å². The van der Waals surface area contributed by atoms with Crippen molar-refractivity contribution in [3.8, 4) is 11.5 Å². The lowest BCUT2D eigenvalue weighted by molar-refractivity contribution is 0.295. The topological polar surface area (TPSA) is 42.8 Å². The van der Waals surface area contributed by atoms with Crippen LogP contribution in [0.3, 0.4) is 0 Å². The van der Waals surface area contributed by atoms with Gasteiger partial charge in [-0.25, -0.2) is 0 Å². The van der Waals surface area contributed by atoms with E-state index in [4.69, 9.17) is 9.47 Å².